The molecule has 1 aromatic rings. The van der Waals surface area contributed by atoms with Gasteiger partial charge in [0.2, 0.25) is 5.91 Å². The van der Waals surface area contributed by atoms with Gasteiger partial charge >= 0.3 is 0 Å². The molecule has 0 saturated heterocycles. The Bertz CT molecular complexity index is 403. The molecule has 0 atom stereocenters. The van der Waals surface area contributed by atoms with Crippen molar-refractivity contribution in [3.05, 3.63) is 23.8 Å². The lowest BCUT2D eigenvalue weighted by Gasteiger charge is -2.13. The molecule has 1 rings (SSSR count). The minimum absolute atomic E-state index is 0.0281. The van der Waals surface area contributed by atoms with Crippen molar-refractivity contribution in [2.75, 3.05) is 19.0 Å². The van der Waals surface area contributed by atoms with Gasteiger partial charge in [0.25, 0.3) is 0 Å². The maximum Gasteiger partial charge on any atom is 0.224 e. The number of methoxy groups -OCH3 is 1. The maximum atomic E-state index is 11.7. The third kappa shape index (κ3) is 4.04. The third-order valence-corrected chi connectivity index (χ3v) is 2.77. The van der Waals surface area contributed by atoms with Crippen molar-refractivity contribution in [3.63, 3.8) is 0 Å². The van der Waals surface area contributed by atoms with E-state index in [9.17, 15) is 4.79 Å². The Balaban J connectivity index is 2.84. The molecular weight excluding hydrogens is 228 g/mol. The van der Waals surface area contributed by atoms with Crippen molar-refractivity contribution in [1.82, 2.24) is 0 Å². The van der Waals surface area contributed by atoms with Crippen LogP contribution in [0, 0.1) is 0 Å². The van der Waals surface area contributed by atoms with E-state index < -0.39 is 0 Å². The van der Waals surface area contributed by atoms with E-state index in [1.807, 2.05) is 18.2 Å². The summed E-state index contributed by atoms with van der Waals surface area (Å²) in [6, 6.07) is 5.86. The zero-order valence-corrected chi connectivity index (χ0v) is 11.3. The van der Waals surface area contributed by atoms with Gasteiger partial charge in [-0.3, -0.25) is 4.79 Å². The van der Waals surface area contributed by atoms with E-state index in [0.29, 0.717) is 31.1 Å². The molecule has 4 heteroatoms. The van der Waals surface area contributed by atoms with Gasteiger partial charge in [0, 0.05) is 6.42 Å². The SMILES string of the molecule is COc1ccc(C(C)C)cc1NC(=O)CCCN. The van der Waals surface area contributed by atoms with Crippen molar-refractivity contribution < 1.29 is 9.53 Å². The van der Waals surface area contributed by atoms with Crippen LogP contribution in [0.3, 0.4) is 0 Å². The normalized spacial score (nSPS) is 10.5. The molecule has 0 saturated carbocycles. The molecule has 18 heavy (non-hydrogen) atoms. The van der Waals surface area contributed by atoms with E-state index in [2.05, 4.69) is 19.2 Å². The van der Waals surface area contributed by atoms with Crippen LogP contribution in [0.25, 0.3) is 0 Å². The number of rotatable bonds is 6. The van der Waals surface area contributed by atoms with Crippen molar-refractivity contribution in [2.45, 2.75) is 32.6 Å². The molecule has 100 valence electrons. The highest BCUT2D eigenvalue weighted by molar-refractivity contribution is 5.92. The molecule has 0 fully saturated rings. The number of hydrogen-bond donors (Lipinski definition) is 2. The van der Waals surface area contributed by atoms with Gasteiger partial charge in [-0.1, -0.05) is 19.9 Å². The first-order chi connectivity index (χ1) is 8.58. The summed E-state index contributed by atoms with van der Waals surface area (Å²) in [5.41, 5.74) is 7.28. The van der Waals surface area contributed by atoms with Crippen LogP contribution in [-0.2, 0) is 4.79 Å². The monoisotopic (exact) mass is 250 g/mol. The van der Waals surface area contributed by atoms with E-state index in [4.69, 9.17) is 10.5 Å². The third-order valence-electron chi connectivity index (χ3n) is 2.77. The number of hydrogen-bond acceptors (Lipinski definition) is 3. The number of carbonyl (C=O) groups is 1. The summed E-state index contributed by atoms with van der Waals surface area (Å²) >= 11 is 0. The fraction of sp³-hybridized carbons (Fsp3) is 0.500. The molecule has 4 nitrogen and oxygen atoms in total. The second-order valence-corrected chi connectivity index (χ2v) is 4.55. The van der Waals surface area contributed by atoms with Crippen LogP contribution in [0.1, 0.15) is 38.2 Å². The molecule has 0 heterocycles. The molecule has 1 aromatic carbocycles. The maximum absolute atomic E-state index is 11.7. The average molecular weight is 250 g/mol. The number of benzene rings is 1. The largest absolute Gasteiger partial charge is 0.495 e. The first-order valence-electron chi connectivity index (χ1n) is 6.26. The highest BCUT2D eigenvalue weighted by Gasteiger charge is 2.09. The van der Waals surface area contributed by atoms with Crippen LogP contribution < -0.4 is 15.8 Å². The first kappa shape index (κ1) is 14.5. The van der Waals surface area contributed by atoms with E-state index in [-0.39, 0.29) is 5.91 Å². The zero-order chi connectivity index (χ0) is 13.5. The van der Waals surface area contributed by atoms with Crippen LogP contribution in [0.5, 0.6) is 5.75 Å². The summed E-state index contributed by atoms with van der Waals surface area (Å²) in [6.45, 7) is 4.75. The molecule has 0 radical (unpaired) electrons. The Kier molecular flexibility index (Phi) is 5.65. The van der Waals surface area contributed by atoms with Crippen molar-refractivity contribution in [2.24, 2.45) is 5.73 Å². The second-order valence-electron chi connectivity index (χ2n) is 4.55. The van der Waals surface area contributed by atoms with Crippen LogP contribution in [0.2, 0.25) is 0 Å². The van der Waals surface area contributed by atoms with Crippen LogP contribution in [0.4, 0.5) is 5.69 Å². The lowest BCUT2D eigenvalue weighted by molar-refractivity contribution is -0.116. The van der Waals surface area contributed by atoms with Crippen LogP contribution >= 0.6 is 0 Å². The lowest BCUT2D eigenvalue weighted by atomic mass is 10.0. The first-order valence-corrected chi connectivity index (χ1v) is 6.26. The fourth-order valence-corrected chi connectivity index (χ4v) is 1.66. The topological polar surface area (TPSA) is 64.3 Å². The van der Waals surface area contributed by atoms with E-state index >= 15 is 0 Å². The molecule has 0 spiro atoms. The predicted octanol–water partition coefficient (Wildman–Crippen LogP) is 2.50. The minimum Gasteiger partial charge on any atom is -0.495 e. The number of nitrogens with two attached hydrogens (primary N) is 1. The van der Waals surface area contributed by atoms with Crippen molar-refractivity contribution in [3.8, 4) is 5.75 Å². The molecule has 0 aliphatic heterocycles. The van der Waals surface area contributed by atoms with Gasteiger partial charge in [-0.05, 0) is 36.6 Å². The second kappa shape index (κ2) is 7.01. The average Bonchev–Trinajstić information content (AvgIpc) is 2.36. The fourth-order valence-electron chi connectivity index (χ4n) is 1.66. The summed E-state index contributed by atoms with van der Waals surface area (Å²) in [6.07, 6.45) is 1.13. The summed E-state index contributed by atoms with van der Waals surface area (Å²) in [5.74, 6) is 1.07. The number of ether oxygens (including phenoxy) is 1. The van der Waals surface area contributed by atoms with Gasteiger partial charge in [-0.25, -0.2) is 0 Å². The molecular formula is C14H22N2O2. The van der Waals surface area contributed by atoms with Gasteiger partial charge in [0.05, 0.1) is 12.8 Å². The summed E-state index contributed by atoms with van der Waals surface area (Å²) in [4.78, 5) is 11.7. The van der Waals surface area contributed by atoms with E-state index in [0.717, 1.165) is 5.69 Å². The highest BCUT2D eigenvalue weighted by Crippen LogP contribution is 2.28. The van der Waals surface area contributed by atoms with Gasteiger partial charge in [-0.15, -0.1) is 0 Å². The van der Waals surface area contributed by atoms with Gasteiger partial charge in [0.15, 0.2) is 0 Å². The smallest absolute Gasteiger partial charge is 0.224 e. The Labute approximate surface area is 109 Å². The highest BCUT2D eigenvalue weighted by atomic mass is 16.5. The Morgan fingerprint density at radius 3 is 2.72 bits per heavy atom. The van der Waals surface area contributed by atoms with Crippen LogP contribution in [0.15, 0.2) is 18.2 Å². The molecule has 0 unspecified atom stereocenters. The standard InChI is InChI=1S/C14H22N2O2/c1-10(2)11-6-7-13(18-3)12(9-11)16-14(17)5-4-8-15/h6-7,9-10H,4-5,8,15H2,1-3H3,(H,16,17). The molecule has 3 N–H and O–H groups in total. The number of anilines is 1. The number of amides is 1. The molecule has 0 aliphatic carbocycles. The zero-order valence-electron chi connectivity index (χ0n) is 11.3. The van der Waals surface area contributed by atoms with Crippen LogP contribution in [-0.4, -0.2) is 19.6 Å². The summed E-state index contributed by atoms with van der Waals surface area (Å²) in [5, 5.41) is 2.87. The Morgan fingerprint density at radius 1 is 1.44 bits per heavy atom. The number of nitrogens with one attached hydrogen (secondary N) is 1. The minimum atomic E-state index is -0.0281. The molecule has 0 aliphatic rings. The molecule has 0 aromatic heterocycles. The predicted molar refractivity (Wildman–Crippen MR) is 74.0 cm³/mol. The Hall–Kier alpha value is -1.55. The van der Waals surface area contributed by atoms with Crippen molar-refractivity contribution in [1.29, 1.82) is 0 Å². The summed E-state index contributed by atoms with van der Waals surface area (Å²) < 4.78 is 5.25. The van der Waals surface area contributed by atoms with E-state index in [1.165, 1.54) is 5.56 Å². The summed E-state index contributed by atoms with van der Waals surface area (Å²) in [7, 11) is 1.60. The Morgan fingerprint density at radius 2 is 2.17 bits per heavy atom. The van der Waals surface area contributed by atoms with Crippen molar-refractivity contribution >= 4 is 11.6 Å². The quantitative estimate of drug-likeness (QED) is 0.815. The molecule has 0 bridgehead atoms. The van der Waals surface area contributed by atoms with Gasteiger partial charge in [-0.2, -0.15) is 0 Å². The molecule has 1 amide bonds. The number of carbonyl (C=O) groups excluding carboxylic acids is 1. The van der Waals surface area contributed by atoms with Gasteiger partial charge in [0.1, 0.15) is 5.75 Å². The van der Waals surface area contributed by atoms with E-state index in [1.54, 1.807) is 7.11 Å². The lowest BCUT2D eigenvalue weighted by Crippen LogP contribution is -2.14. The van der Waals surface area contributed by atoms with Gasteiger partial charge < -0.3 is 15.8 Å².